The molecular weight excluding hydrogens is 236 g/mol. The number of benzene rings is 2. The van der Waals surface area contributed by atoms with Crippen molar-refractivity contribution in [1.82, 2.24) is 0 Å². The molecule has 1 N–H and O–H groups in total. The lowest BCUT2D eigenvalue weighted by molar-refractivity contribution is 0.483. The number of rotatable bonds is 5. The fourth-order valence-electron chi connectivity index (χ4n) is 1.58. The Morgan fingerprint density at radius 3 is 2.32 bits per heavy atom. The van der Waals surface area contributed by atoms with E-state index in [1.54, 1.807) is 0 Å². The van der Waals surface area contributed by atoms with E-state index >= 15 is 0 Å². The van der Waals surface area contributed by atoms with E-state index in [2.05, 4.69) is 11.4 Å². The smallest absolute Gasteiger partial charge is 0.127 e. The summed E-state index contributed by atoms with van der Waals surface area (Å²) in [5.74, 6) is 1.62. The Hall–Kier alpha value is -2.47. The highest BCUT2D eigenvalue weighted by Gasteiger charge is 2.00. The quantitative estimate of drug-likeness (QED) is 0.873. The summed E-state index contributed by atoms with van der Waals surface area (Å²) in [6.07, 6.45) is 0. The molecule has 2 rings (SSSR count). The standard InChI is InChI=1S/C16H16N2O/c1-13(11-17)12-18-14-7-9-16(10-8-14)19-15-5-3-2-4-6-15/h2-10,13,18H,12H2,1H3. The van der Waals surface area contributed by atoms with Gasteiger partial charge in [-0.15, -0.1) is 0 Å². The van der Waals surface area contributed by atoms with Crippen LogP contribution in [0.15, 0.2) is 54.6 Å². The van der Waals surface area contributed by atoms with Crippen LogP contribution in [-0.2, 0) is 0 Å². The molecule has 0 bridgehead atoms. The highest BCUT2D eigenvalue weighted by molar-refractivity contribution is 5.47. The van der Waals surface area contributed by atoms with Crippen molar-refractivity contribution in [3.8, 4) is 17.6 Å². The number of para-hydroxylation sites is 1. The predicted octanol–water partition coefficient (Wildman–Crippen LogP) is 4.05. The summed E-state index contributed by atoms with van der Waals surface area (Å²) < 4.78 is 5.70. The Bertz CT molecular complexity index is 543. The van der Waals surface area contributed by atoms with Gasteiger partial charge in [-0.05, 0) is 43.3 Å². The van der Waals surface area contributed by atoms with Crippen LogP contribution < -0.4 is 10.1 Å². The minimum absolute atomic E-state index is 0.000227. The van der Waals surface area contributed by atoms with Gasteiger partial charge in [0.2, 0.25) is 0 Å². The van der Waals surface area contributed by atoms with Gasteiger partial charge >= 0.3 is 0 Å². The van der Waals surface area contributed by atoms with Crippen molar-refractivity contribution in [3.05, 3.63) is 54.6 Å². The van der Waals surface area contributed by atoms with Gasteiger partial charge in [0.15, 0.2) is 0 Å². The second-order valence-corrected chi connectivity index (χ2v) is 4.35. The van der Waals surface area contributed by atoms with Crippen LogP contribution in [0.4, 0.5) is 5.69 Å². The third kappa shape index (κ3) is 4.04. The summed E-state index contributed by atoms with van der Waals surface area (Å²) in [4.78, 5) is 0. The molecule has 2 aromatic carbocycles. The molecule has 3 heteroatoms. The number of hydrogen-bond donors (Lipinski definition) is 1. The molecule has 0 aliphatic carbocycles. The highest BCUT2D eigenvalue weighted by atomic mass is 16.5. The molecule has 96 valence electrons. The second-order valence-electron chi connectivity index (χ2n) is 4.35. The van der Waals surface area contributed by atoms with Gasteiger partial charge in [-0.1, -0.05) is 18.2 Å². The van der Waals surface area contributed by atoms with E-state index in [0.29, 0.717) is 6.54 Å². The zero-order valence-electron chi connectivity index (χ0n) is 10.8. The van der Waals surface area contributed by atoms with Gasteiger partial charge in [-0.25, -0.2) is 0 Å². The predicted molar refractivity (Wildman–Crippen MR) is 76.2 cm³/mol. The maximum Gasteiger partial charge on any atom is 0.127 e. The Balaban J connectivity index is 1.93. The van der Waals surface area contributed by atoms with Crippen molar-refractivity contribution in [2.24, 2.45) is 5.92 Å². The third-order valence-corrected chi connectivity index (χ3v) is 2.67. The fraction of sp³-hybridized carbons (Fsp3) is 0.188. The molecule has 0 aliphatic heterocycles. The first-order chi connectivity index (χ1) is 9.28. The Labute approximate surface area is 113 Å². The molecule has 0 spiro atoms. The van der Waals surface area contributed by atoms with Crippen LogP contribution in [0, 0.1) is 17.2 Å². The van der Waals surface area contributed by atoms with E-state index in [4.69, 9.17) is 10.00 Å². The Morgan fingerprint density at radius 1 is 1.05 bits per heavy atom. The maximum atomic E-state index is 8.71. The van der Waals surface area contributed by atoms with Crippen molar-refractivity contribution in [2.45, 2.75) is 6.92 Å². The third-order valence-electron chi connectivity index (χ3n) is 2.67. The van der Waals surface area contributed by atoms with Gasteiger partial charge in [0.1, 0.15) is 11.5 Å². The van der Waals surface area contributed by atoms with Gasteiger partial charge in [-0.2, -0.15) is 5.26 Å². The summed E-state index contributed by atoms with van der Waals surface area (Å²) in [6.45, 7) is 2.54. The molecule has 0 aromatic heterocycles. The van der Waals surface area contributed by atoms with Crippen molar-refractivity contribution in [1.29, 1.82) is 5.26 Å². The van der Waals surface area contributed by atoms with Crippen LogP contribution in [0.1, 0.15) is 6.92 Å². The lowest BCUT2D eigenvalue weighted by Crippen LogP contribution is -2.08. The number of nitriles is 1. The number of anilines is 1. The number of hydrogen-bond acceptors (Lipinski definition) is 3. The van der Waals surface area contributed by atoms with Crippen LogP contribution in [0.5, 0.6) is 11.5 Å². The molecule has 19 heavy (non-hydrogen) atoms. The first-order valence-electron chi connectivity index (χ1n) is 6.24. The van der Waals surface area contributed by atoms with E-state index in [1.165, 1.54) is 0 Å². The number of ether oxygens (including phenoxy) is 1. The maximum absolute atomic E-state index is 8.71. The minimum atomic E-state index is 0.000227. The molecule has 2 aromatic rings. The lowest BCUT2D eigenvalue weighted by Gasteiger charge is -2.09. The first kappa shape index (κ1) is 13.0. The van der Waals surface area contributed by atoms with Crippen LogP contribution in [-0.4, -0.2) is 6.54 Å². The number of nitrogens with zero attached hydrogens (tertiary/aromatic N) is 1. The van der Waals surface area contributed by atoms with Crippen LogP contribution >= 0.6 is 0 Å². The van der Waals surface area contributed by atoms with Gasteiger partial charge in [0.05, 0.1) is 12.0 Å². The molecule has 0 saturated heterocycles. The van der Waals surface area contributed by atoms with Crippen molar-refractivity contribution >= 4 is 5.69 Å². The molecule has 3 nitrogen and oxygen atoms in total. The average molecular weight is 252 g/mol. The van der Waals surface area contributed by atoms with Crippen LogP contribution in [0.3, 0.4) is 0 Å². The van der Waals surface area contributed by atoms with Crippen molar-refractivity contribution < 1.29 is 4.74 Å². The van der Waals surface area contributed by atoms with E-state index < -0.39 is 0 Å². The van der Waals surface area contributed by atoms with E-state index in [-0.39, 0.29) is 5.92 Å². The van der Waals surface area contributed by atoms with Gasteiger partial charge in [-0.3, -0.25) is 0 Å². The van der Waals surface area contributed by atoms with Gasteiger partial charge in [0.25, 0.3) is 0 Å². The van der Waals surface area contributed by atoms with E-state index in [9.17, 15) is 0 Å². The molecule has 0 amide bonds. The summed E-state index contributed by atoms with van der Waals surface area (Å²) in [7, 11) is 0. The SMILES string of the molecule is CC(C#N)CNc1ccc(Oc2ccccc2)cc1. The fourth-order valence-corrected chi connectivity index (χ4v) is 1.58. The zero-order valence-corrected chi connectivity index (χ0v) is 10.8. The largest absolute Gasteiger partial charge is 0.457 e. The zero-order chi connectivity index (χ0) is 13.5. The van der Waals surface area contributed by atoms with E-state index in [0.717, 1.165) is 17.2 Å². The minimum Gasteiger partial charge on any atom is -0.457 e. The summed E-state index contributed by atoms with van der Waals surface area (Å²) in [5, 5.41) is 11.9. The molecule has 1 atom stereocenters. The Kier molecular flexibility index (Phi) is 4.41. The summed E-state index contributed by atoms with van der Waals surface area (Å²) in [6, 6.07) is 19.6. The molecule has 0 heterocycles. The molecule has 0 radical (unpaired) electrons. The Morgan fingerprint density at radius 2 is 1.68 bits per heavy atom. The second kappa shape index (κ2) is 6.46. The van der Waals surface area contributed by atoms with Gasteiger partial charge in [0, 0.05) is 12.2 Å². The monoisotopic (exact) mass is 252 g/mol. The normalized spacial score (nSPS) is 11.4. The van der Waals surface area contributed by atoms with Crippen LogP contribution in [0.25, 0.3) is 0 Å². The molecule has 0 saturated carbocycles. The van der Waals surface area contributed by atoms with Crippen molar-refractivity contribution in [3.63, 3.8) is 0 Å². The molecule has 0 fully saturated rings. The topological polar surface area (TPSA) is 45.0 Å². The van der Waals surface area contributed by atoms with Crippen LogP contribution in [0.2, 0.25) is 0 Å². The first-order valence-corrected chi connectivity index (χ1v) is 6.24. The van der Waals surface area contributed by atoms with Crippen molar-refractivity contribution in [2.75, 3.05) is 11.9 Å². The van der Waals surface area contributed by atoms with Gasteiger partial charge < -0.3 is 10.1 Å². The molecule has 1 unspecified atom stereocenters. The lowest BCUT2D eigenvalue weighted by atomic mass is 10.2. The summed E-state index contributed by atoms with van der Waals surface area (Å²) in [5.41, 5.74) is 0.988. The molecular formula is C16H16N2O. The highest BCUT2D eigenvalue weighted by Crippen LogP contribution is 2.22. The number of nitrogens with one attached hydrogen (secondary N) is 1. The summed E-state index contributed by atoms with van der Waals surface area (Å²) >= 11 is 0. The van der Waals surface area contributed by atoms with E-state index in [1.807, 2.05) is 61.5 Å². The average Bonchev–Trinajstić information content (AvgIpc) is 2.47. The molecule has 0 aliphatic rings.